The van der Waals surface area contributed by atoms with Gasteiger partial charge in [-0.05, 0) is 43.0 Å². The first kappa shape index (κ1) is 15.8. The molecule has 4 nitrogen and oxygen atoms in total. The molecule has 1 aromatic rings. The summed E-state index contributed by atoms with van der Waals surface area (Å²) in [5, 5.41) is 11.7. The fourth-order valence-electron chi connectivity index (χ4n) is 2.51. The maximum atomic E-state index is 11.8. The van der Waals surface area contributed by atoms with Crippen LogP contribution in [-0.4, -0.2) is 25.5 Å². The quantitative estimate of drug-likeness (QED) is 0.516. The van der Waals surface area contributed by atoms with Crippen LogP contribution in [0.2, 0.25) is 0 Å². The molecule has 0 bridgehead atoms. The highest BCUT2D eigenvalue weighted by atomic mass is 16.1. The lowest BCUT2D eigenvalue weighted by Crippen LogP contribution is -2.29. The van der Waals surface area contributed by atoms with Gasteiger partial charge in [0.1, 0.15) is 11.6 Å². The van der Waals surface area contributed by atoms with Crippen molar-refractivity contribution in [2.45, 2.75) is 19.3 Å². The van der Waals surface area contributed by atoms with E-state index in [2.05, 4.69) is 16.8 Å². The van der Waals surface area contributed by atoms with E-state index in [4.69, 9.17) is 5.26 Å². The molecular formula is C18H21N3O. The summed E-state index contributed by atoms with van der Waals surface area (Å²) in [7, 11) is 0. The minimum atomic E-state index is -0.373. The Kier molecular flexibility index (Phi) is 5.79. The third kappa shape index (κ3) is 4.23. The second kappa shape index (κ2) is 8.04. The largest absolute Gasteiger partial charge is 0.372 e. The standard InChI is InChI=1S/C18H21N3O/c1-2-10-20-18(22)16(14-19)13-15-6-8-17(9-7-15)21-11-4-3-5-12-21/h2,6-9,13H,1,3-5,10-12H2,(H,20,22)/b16-13+. The van der Waals surface area contributed by atoms with Gasteiger partial charge in [-0.1, -0.05) is 18.2 Å². The van der Waals surface area contributed by atoms with Gasteiger partial charge in [-0.15, -0.1) is 6.58 Å². The van der Waals surface area contributed by atoms with Crippen LogP contribution in [-0.2, 0) is 4.79 Å². The van der Waals surface area contributed by atoms with Crippen molar-refractivity contribution in [2.24, 2.45) is 0 Å². The number of piperidine rings is 1. The highest BCUT2D eigenvalue weighted by Crippen LogP contribution is 2.21. The van der Waals surface area contributed by atoms with Crippen LogP contribution in [0.5, 0.6) is 0 Å². The zero-order valence-corrected chi connectivity index (χ0v) is 12.7. The number of carbonyl (C=O) groups excluding carboxylic acids is 1. The molecule has 0 atom stereocenters. The highest BCUT2D eigenvalue weighted by Gasteiger charge is 2.11. The van der Waals surface area contributed by atoms with Gasteiger partial charge in [0.05, 0.1) is 0 Å². The van der Waals surface area contributed by atoms with E-state index in [-0.39, 0.29) is 11.5 Å². The number of hydrogen-bond donors (Lipinski definition) is 1. The molecule has 0 aromatic heterocycles. The summed E-state index contributed by atoms with van der Waals surface area (Å²) in [5.41, 5.74) is 2.16. The van der Waals surface area contributed by atoms with Crippen molar-refractivity contribution in [3.05, 3.63) is 48.1 Å². The number of carbonyl (C=O) groups is 1. The molecule has 0 saturated carbocycles. The molecule has 1 aromatic carbocycles. The van der Waals surface area contributed by atoms with E-state index in [1.807, 2.05) is 30.3 Å². The molecule has 1 aliphatic rings. The van der Waals surface area contributed by atoms with Crippen LogP contribution in [0.15, 0.2) is 42.5 Å². The van der Waals surface area contributed by atoms with Gasteiger partial charge < -0.3 is 10.2 Å². The van der Waals surface area contributed by atoms with E-state index in [0.717, 1.165) is 18.7 Å². The second-order valence-electron chi connectivity index (χ2n) is 5.31. The molecule has 22 heavy (non-hydrogen) atoms. The zero-order valence-electron chi connectivity index (χ0n) is 12.7. The van der Waals surface area contributed by atoms with Crippen LogP contribution in [0.1, 0.15) is 24.8 Å². The van der Waals surface area contributed by atoms with Crippen molar-refractivity contribution >= 4 is 17.7 Å². The third-order valence-corrected chi connectivity index (χ3v) is 3.70. The Labute approximate surface area is 131 Å². The minimum absolute atomic E-state index is 0.104. The smallest absolute Gasteiger partial charge is 0.262 e. The normalized spacial score (nSPS) is 15.0. The molecular weight excluding hydrogens is 274 g/mol. The molecule has 114 valence electrons. The van der Waals surface area contributed by atoms with Gasteiger partial charge in [0.25, 0.3) is 5.91 Å². The van der Waals surface area contributed by atoms with Gasteiger partial charge in [-0.3, -0.25) is 4.79 Å². The van der Waals surface area contributed by atoms with E-state index in [1.165, 1.54) is 24.9 Å². The maximum absolute atomic E-state index is 11.8. The molecule has 0 aliphatic carbocycles. The zero-order chi connectivity index (χ0) is 15.8. The Bertz CT molecular complexity index is 590. The Balaban J connectivity index is 2.08. The van der Waals surface area contributed by atoms with Crippen LogP contribution >= 0.6 is 0 Å². The molecule has 0 spiro atoms. The predicted octanol–water partition coefficient (Wildman–Crippen LogP) is 2.89. The van der Waals surface area contributed by atoms with Gasteiger partial charge in [-0.2, -0.15) is 5.26 Å². The molecule has 0 unspecified atom stereocenters. The molecule has 1 saturated heterocycles. The van der Waals surface area contributed by atoms with Crippen molar-refractivity contribution < 1.29 is 4.79 Å². The number of benzene rings is 1. The van der Waals surface area contributed by atoms with Crippen LogP contribution in [0.3, 0.4) is 0 Å². The fraction of sp³-hybridized carbons (Fsp3) is 0.333. The van der Waals surface area contributed by atoms with Crippen molar-refractivity contribution in [3.63, 3.8) is 0 Å². The molecule has 4 heteroatoms. The van der Waals surface area contributed by atoms with E-state index >= 15 is 0 Å². The maximum Gasteiger partial charge on any atom is 0.262 e. The van der Waals surface area contributed by atoms with Crippen LogP contribution in [0.25, 0.3) is 6.08 Å². The van der Waals surface area contributed by atoms with Crippen molar-refractivity contribution in [1.82, 2.24) is 5.32 Å². The molecule has 0 radical (unpaired) electrons. The van der Waals surface area contributed by atoms with E-state index < -0.39 is 0 Å². The number of amides is 1. The first-order chi connectivity index (χ1) is 10.7. The van der Waals surface area contributed by atoms with Crippen LogP contribution in [0.4, 0.5) is 5.69 Å². The summed E-state index contributed by atoms with van der Waals surface area (Å²) < 4.78 is 0. The summed E-state index contributed by atoms with van der Waals surface area (Å²) >= 11 is 0. The minimum Gasteiger partial charge on any atom is -0.372 e. The first-order valence-electron chi connectivity index (χ1n) is 7.60. The average molecular weight is 295 g/mol. The lowest BCUT2D eigenvalue weighted by molar-refractivity contribution is -0.116. The lowest BCUT2D eigenvalue weighted by atomic mass is 10.1. The highest BCUT2D eigenvalue weighted by molar-refractivity contribution is 6.01. The Morgan fingerprint density at radius 2 is 1.95 bits per heavy atom. The molecule has 1 aliphatic heterocycles. The molecule has 1 N–H and O–H groups in total. The summed E-state index contributed by atoms with van der Waals surface area (Å²) in [6.07, 6.45) is 6.98. The molecule has 2 rings (SSSR count). The molecule has 1 heterocycles. The van der Waals surface area contributed by atoms with Gasteiger partial charge in [0, 0.05) is 25.3 Å². The Hall–Kier alpha value is -2.54. The van der Waals surface area contributed by atoms with Crippen molar-refractivity contribution in [1.29, 1.82) is 5.26 Å². The predicted molar refractivity (Wildman–Crippen MR) is 89.3 cm³/mol. The summed E-state index contributed by atoms with van der Waals surface area (Å²) in [4.78, 5) is 14.2. The number of anilines is 1. The average Bonchev–Trinajstić information content (AvgIpc) is 2.59. The summed E-state index contributed by atoms with van der Waals surface area (Å²) in [6.45, 7) is 6.09. The number of nitriles is 1. The topological polar surface area (TPSA) is 56.1 Å². The number of hydrogen-bond acceptors (Lipinski definition) is 3. The third-order valence-electron chi connectivity index (χ3n) is 3.70. The van der Waals surface area contributed by atoms with Crippen molar-refractivity contribution in [2.75, 3.05) is 24.5 Å². The number of nitrogens with one attached hydrogen (secondary N) is 1. The van der Waals surface area contributed by atoms with Crippen LogP contribution in [0, 0.1) is 11.3 Å². The first-order valence-corrected chi connectivity index (χ1v) is 7.60. The molecule has 1 amide bonds. The van der Waals surface area contributed by atoms with E-state index in [1.54, 1.807) is 12.2 Å². The van der Waals surface area contributed by atoms with E-state index in [0.29, 0.717) is 6.54 Å². The number of nitrogens with zero attached hydrogens (tertiary/aromatic N) is 2. The van der Waals surface area contributed by atoms with Crippen molar-refractivity contribution in [3.8, 4) is 6.07 Å². The lowest BCUT2D eigenvalue weighted by Gasteiger charge is -2.28. The fourth-order valence-corrected chi connectivity index (χ4v) is 2.51. The second-order valence-corrected chi connectivity index (χ2v) is 5.31. The Morgan fingerprint density at radius 3 is 2.55 bits per heavy atom. The number of rotatable bonds is 5. The van der Waals surface area contributed by atoms with Gasteiger partial charge in [0.15, 0.2) is 0 Å². The Morgan fingerprint density at radius 1 is 1.27 bits per heavy atom. The van der Waals surface area contributed by atoms with Gasteiger partial charge in [0.2, 0.25) is 0 Å². The molecule has 1 fully saturated rings. The monoisotopic (exact) mass is 295 g/mol. The summed E-state index contributed by atoms with van der Waals surface area (Å²) in [6, 6.07) is 9.93. The van der Waals surface area contributed by atoms with E-state index in [9.17, 15) is 4.79 Å². The van der Waals surface area contributed by atoms with Crippen LogP contribution < -0.4 is 10.2 Å². The van der Waals surface area contributed by atoms with Gasteiger partial charge >= 0.3 is 0 Å². The summed E-state index contributed by atoms with van der Waals surface area (Å²) in [5.74, 6) is -0.373. The SMILES string of the molecule is C=CCNC(=O)/C(C#N)=C/c1ccc(N2CCCCC2)cc1. The van der Waals surface area contributed by atoms with Gasteiger partial charge in [-0.25, -0.2) is 0 Å².